The molecule has 1 heterocycles. The molecular formula is C19H14N2O2. The molecule has 0 unspecified atom stereocenters. The molecule has 3 N–H and O–H groups in total. The number of hydrogen-bond donors (Lipinski definition) is 2. The van der Waals surface area contributed by atoms with Crippen LogP contribution < -0.4 is 11.1 Å². The first kappa shape index (κ1) is 13.4. The number of para-hydroxylation sites is 1. The van der Waals surface area contributed by atoms with Crippen LogP contribution in [0.15, 0.2) is 71.1 Å². The first-order valence-corrected chi connectivity index (χ1v) is 7.29. The standard InChI is InChI=1S/C19H14N2O2/c20-13-7-5-12(6-8-13)19(22)21-14-9-10-16-15-3-1-2-4-17(15)23-18(16)11-14/h1-11H,20H2,(H,21,22). The summed E-state index contributed by atoms with van der Waals surface area (Å²) in [7, 11) is 0. The average molecular weight is 302 g/mol. The maximum Gasteiger partial charge on any atom is 0.255 e. The van der Waals surface area contributed by atoms with Gasteiger partial charge in [-0.3, -0.25) is 4.79 Å². The normalized spacial score (nSPS) is 11.0. The van der Waals surface area contributed by atoms with E-state index in [4.69, 9.17) is 10.2 Å². The maximum atomic E-state index is 12.3. The first-order valence-electron chi connectivity index (χ1n) is 7.29. The van der Waals surface area contributed by atoms with Gasteiger partial charge in [0.15, 0.2) is 0 Å². The Bertz CT molecular complexity index is 1020. The second kappa shape index (κ2) is 5.18. The van der Waals surface area contributed by atoms with E-state index >= 15 is 0 Å². The van der Waals surface area contributed by atoms with E-state index in [1.807, 2.05) is 42.5 Å². The molecule has 4 nitrogen and oxygen atoms in total. The topological polar surface area (TPSA) is 68.3 Å². The van der Waals surface area contributed by atoms with Gasteiger partial charge in [0.1, 0.15) is 11.2 Å². The predicted molar refractivity (Wildman–Crippen MR) is 92.5 cm³/mol. The SMILES string of the molecule is Nc1ccc(C(=O)Nc2ccc3c(c2)oc2ccccc23)cc1. The van der Waals surface area contributed by atoms with Crippen LogP contribution in [0, 0.1) is 0 Å². The van der Waals surface area contributed by atoms with Crippen molar-refractivity contribution in [3.63, 3.8) is 0 Å². The van der Waals surface area contributed by atoms with Gasteiger partial charge in [-0.25, -0.2) is 0 Å². The molecule has 0 bridgehead atoms. The molecule has 0 saturated carbocycles. The van der Waals surface area contributed by atoms with Gasteiger partial charge in [0.05, 0.1) is 0 Å². The van der Waals surface area contributed by atoms with Crippen LogP contribution in [0.5, 0.6) is 0 Å². The lowest BCUT2D eigenvalue weighted by atomic mass is 10.1. The lowest BCUT2D eigenvalue weighted by Crippen LogP contribution is -2.11. The smallest absolute Gasteiger partial charge is 0.255 e. The second-order valence-electron chi connectivity index (χ2n) is 5.39. The summed E-state index contributed by atoms with van der Waals surface area (Å²) >= 11 is 0. The van der Waals surface area contributed by atoms with Crippen LogP contribution in [0.2, 0.25) is 0 Å². The van der Waals surface area contributed by atoms with E-state index in [0.29, 0.717) is 16.9 Å². The number of carbonyl (C=O) groups excluding carboxylic acids is 1. The number of anilines is 2. The van der Waals surface area contributed by atoms with E-state index in [1.54, 1.807) is 24.3 Å². The first-order chi connectivity index (χ1) is 11.2. The minimum atomic E-state index is -0.180. The maximum absolute atomic E-state index is 12.3. The van der Waals surface area contributed by atoms with E-state index in [2.05, 4.69) is 5.32 Å². The van der Waals surface area contributed by atoms with Crippen molar-refractivity contribution in [2.45, 2.75) is 0 Å². The van der Waals surface area contributed by atoms with E-state index in [-0.39, 0.29) is 5.91 Å². The quantitative estimate of drug-likeness (QED) is 0.538. The second-order valence-corrected chi connectivity index (χ2v) is 5.39. The molecule has 3 aromatic carbocycles. The number of amides is 1. The number of benzene rings is 3. The number of nitrogens with two attached hydrogens (primary N) is 1. The fourth-order valence-electron chi connectivity index (χ4n) is 2.64. The van der Waals surface area contributed by atoms with Gasteiger partial charge in [-0.2, -0.15) is 0 Å². The van der Waals surface area contributed by atoms with Gasteiger partial charge in [0, 0.05) is 33.8 Å². The monoisotopic (exact) mass is 302 g/mol. The van der Waals surface area contributed by atoms with E-state index in [9.17, 15) is 4.79 Å². The van der Waals surface area contributed by atoms with Crippen LogP contribution in [0.1, 0.15) is 10.4 Å². The third-order valence-corrected chi connectivity index (χ3v) is 3.81. The largest absolute Gasteiger partial charge is 0.456 e. The van der Waals surface area contributed by atoms with Gasteiger partial charge in [0.2, 0.25) is 0 Å². The van der Waals surface area contributed by atoms with Gasteiger partial charge in [-0.05, 0) is 42.5 Å². The molecule has 1 amide bonds. The third-order valence-electron chi connectivity index (χ3n) is 3.81. The van der Waals surface area contributed by atoms with Crippen LogP contribution in [-0.2, 0) is 0 Å². The molecule has 0 atom stereocenters. The minimum Gasteiger partial charge on any atom is -0.456 e. The van der Waals surface area contributed by atoms with Gasteiger partial charge < -0.3 is 15.5 Å². The fourth-order valence-corrected chi connectivity index (χ4v) is 2.64. The zero-order chi connectivity index (χ0) is 15.8. The Balaban J connectivity index is 1.67. The van der Waals surface area contributed by atoms with Crippen LogP contribution in [0.4, 0.5) is 11.4 Å². The molecule has 4 aromatic rings. The van der Waals surface area contributed by atoms with E-state index < -0.39 is 0 Å². The van der Waals surface area contributed by atoms with Gasteiger partial charge in [0.25, 0.3) is 5.91 Å². The molecule has 0 aliphatic heterocycles. The number of rotatable bonds is 2. The summed E-state index contributed by atoms with van der Waals surface area (Å²) in [5.41, 5.74) is 9.11. The Morgan fingerprint density at radius 3 is 2.43 bits per heavy atom. The summed E-state index contributed by atoms with van der Waals surface area (Å²) in [6.07, 6.45) is 0. The molecule has 0 spiro atoms. The van der Waals surface area contributed by atoms with Crippen molar-refractivity contribution < 1.29 is 9.21 Å². The number of nitrogens with one attached hydrogen (secondary N) is 1. The van der Waals surface area contributed by atoms with Gasteiger partial charge in [-0.15, -0.1) is 0 Å². The Kier molecular flexibility index (Phi) is 3.01. The van der Waals surface area contributed by atoms with Crippen molar-refractivity contribution in [1.29, 1.82) is 0 Å². The molecule has 112 valence electrons. The van der Waals surface area contributed by atoms with E-state index in [1.165, 1.54) is 0 Å². The molecule has 0 aliphatic rings. The molecule has 0 fully saturated rings. The average Bonchev–Trinajstić information content (AvgIpc) is 2.93. The molecule has 1 aromatic heterocycles. The molecule has 0 saturated heterocycles. The summed E-state index contributed by atoms with van der Waals surface area (Å²) < 4.78 is 5.83. The molecule has 0 radical (unpaired) electrons. The van der Waals surface area contributed by atoms with Gasteiger partial charge in [-0.1, -0.05) is 18.2 Å². The van der Waals surface area contributed by atoms with Crippen molar-refractivity contribution in [3.05, 3.63) is 72.3 Å². The van der Waals surface area contributed by atoms with Crippen molar-refractivity contribution in [2.24, 2.45) is 0 Å². The van der Waals surface area contributed by atoms with Crippen molar-refractivity contribution in [1.82, 2.24) is 0 Å². The zero-order valence-corrected chi connectivity index (χ0v) is 12.2. The summed E-state index contributed by atoms with van der Waals surface area (Å²) in [6, 6.07) is 20.4. The van der Waals surface area contributed by atoms with Crippen LogP contribution in [0.3, 0.4) is 0 Å². The van der Waals surface area contributed by atoms with Crippen LogP contribution in [-0.4, -0.2) is 5.91 Å². The molecule has 0 aliphatic carbocycles. The number of nitrogen functional groups attached to an aromatic ring is 1. The Morgan fingerprint density at radius 2 is 1.61 bits per heavy atom. The Labute approximate surface area is 132 Å². The summed E-state index contributed by atoms with van der Waals surface area (Å²) in [5.74, 6) is -0.180. The highest BCUT2D eigenvalue weighted by Gasteiger charge is 2.09. The highest BCUT2D eigenvalue weighted by Crippen LogP contribution is 2.30. The number of furan rings is 1. The number of fused-ring (bicyclic) bond motifs is 3. The highest BCUT2D eigenvalue weighted by atomic mass is 16.3. The summed E-state index contributed by atoms with van der Waals surface area (Å²) in [4.78, 5) is 12.3. The number of carbonyl (C=O) groups is 1. The highest BCUT2D eigenvalue weighted by molar-refractivity contribution is 6.08. The van der Waals surface area contributed by atoms with Crippen LogP contribution >= 0.6 is 0 Å². The zero-order valence-electron chi connectivity index (χ0n) is 12.2. The minimum absolute atomic E-state index is 0.180. The molecule has 23 heavy (non-hydrogen) atoms. The molecular weight excluding hydrogens is 288 g/mol. The third kappa shape index (κ3) is 2.40. The van der Waals surface area contributed by atoms with E-state index in [0.717, 1.165) is 21.9 Å². The lowest BCUT2D eigenvalue weighted by Gasteiger charge is -2.05. The van der Waals surface area contributed by atoms with Crippen LogP contribution in [0.25, 0.3) is 21.9 Å². The Morgan fingerprint density at radius 1 is 0.870 bits per heavy atom. The molecule has 4 rings (SSSR count). The Hall–Kier alpha value is -3.27. The summed E-state index contributed by atoms with van der Waals surface area (Å²) in [6.45, 7) is 0. The number of hydrogen-bond acceptors (Lipinski definition) is 3. The fraction of sp³-hybridized carbons (Fsp3) is 0. The summed E-state index contributed by atoms with van der Waals surface area (Å²) in [5, 5.41) is 4.98. The van der Waals surface area contributed by atoms with Crippen molar-refractivity contribution in [2.75, 3.05) is 11.1 Å². The van der Waals surface area contributed by atoms with Crippen molar-refractivity contribution >= 4 is 39.2 Å². The molecule has 4 heteroatoms. The predicted octanol–water partition coefficient (Wildman–Crippen LogP) is 4.42. The van der Waals surface area contributed by atoms with Gasteiger partial charge >= 0.3 is 0 Å². The van der Waals surface area contributed by atoms with Crippen molar-refractivity contribution in [3.8, 4) is 0 Å². The lowest BCUT2D eigenvalue weighted by molar-refractivity contribution is 0.102.